The van der Waals surface area contributed by atoms with Gasteiger partial charge in [0.25, 0.3) is 0 Å². The molecular formula is C23H32N4O. The van der Waals surface area contributed by atoms with Crippen molar-refractivity contribution in [3.63, 3.8) is 0 Å². The van der Waals surface area contributed by atoms with Gasteiger partial charge in [-0.2, -0.15) is 5.10 Å². The number of aryl methyl sites for hydroxylation is 1. The first kappa shape index (κ1) is 19.0. The zero-order valence-electron chi connectivity index (χ0n) is 17.2. The third-order valence-corrected chi connectivity index (χ3v) is 6.44. The minimum atomic E-state index is 0.347. The molecule has 0 spiro atoms. The number of carbonyl (C=O) groups is 1. The predicted octanol–water partition coefficient (Wildman–Crippen LogP) is 4.11. The molecule has 0 bridgehead atoms. The highest BCUT2D eigenvalue weighted by Crippen LogP contribution is 2.30. The predicted molar refractivity (Wildman–Crippen MR) is 113 cm³/mol. The third-order valence-electron chi connectivity index (χ3n) is 6.44. The number of rotatable bonds is 5. The van der Waals surface area contributed by atoms with Gasteiger partial charge in [-0.1, -0.05) is 43.9 Å². The van der Waals surface area contributed by atoms with Crippen molar-refractivity contribution in [3.05, 3.63) is 41.7 Å². The fourth-order valence-corrected chi connectivity index (χ4v) is 4.88. The number of amides is 1. The first-order valence-electron chi connectivity index (χ1n) is 10.8. The summed E-state index contributed by atoms with van der Waals surface area (Å²) in [4.78, 5) is 17.1. The summed E-state index contributed by atoms with van der Waals surface area (Å²) in [6.07, 6.45) is 7.17. The van der Waals surface area contributed by atoms with Crippen LogP contribution in [0, 0.1) is 19.8 Å². The lowest BCUT2D eigenvalue weighted by Crippen LogP contribution is -2.49. The molecule has 5 heteroatoms. The van der Waals surface area contributed by atoms with Crippen LogP contribution in [0.4, 0.5) is 5.69 Å². The normalized spacial score (nSPS) is 18.1. The van der Waals surface area contributed by atoms with Crippen LogP contribution in [-0.2, 0) is 4.79 Å². The Morgan fingerprint density at radius 3 is 2.39 bits per heavy atom. The van der Waals surface area contributed by atoms with E-state index in [2.05, 4.69) is 35.8 Å². The van der Waals surface area contributed by atoms with Crippen LogP contribution >= 0.6 is 0 Å². The van der Waals surface area contributed by atoms with Gasteiger partial charge < -0.3 is 9.80 Å². The average molecular weight is 381 g/mol. The van der Waals surface area contributed by atoms with Crippen molar-refractivity contribution in [2.45, 2.75) is 52.4 Å². The maximum absolute atomic E-state index is 12.6. The molecule has 0 unspecified atom stereocenters. The molecule has 0 radical (unpaired) electrons. The van der Waals surface area contributed by atoms with E-state index in [4.69, 9.17) is 5.10 Å². The number of nitrogens with zero attached hydrogens (tertiary/aromatic N) is 4. The van der Waals surface area contributed by atoms with Crippen LogP contribution in [0.3, 0.4) is 0 Å². The minimum absolute atomic E-state index is 0.347. The van der Waals surface area contributed by atoms with Gasteiger partial charge in [0.1, 0.15) is 0 Å². The molecule has 1 saturated heterocycles. The zero-order chi connectivity index (χ0) is 19.5. The van der Waals surface area contributed by atoms with E-state index in [1.54, 1.807) is 0 Å². The van der Waals surface area contributed by atoms with Crippen LogP contribution in [-0.4, -0.2) is 46.8 Å². The Morgan fingerprint density at radius 1 is 1.04 bits per heavy atom. The smallest absolute Gasteiger partial charge is 0.222 e. The highest BCUT2D eigenvalue weighted by Gasteiger charge is 2.26. The van der Waals surface area contributed by atoms with Gasteiger partial charge in [-0.05, 0) is 38.3 Å². The molecule has 0 atom stereocenters. The number of para-hydroxylation sites is 1. The molecular weight excluding hydrogens is 348 g/mol. The van der Waals surface area contributed by atoms with Crippen molar-refractivity contribution < 1.29 is 4.79 Å². The SMILES string of the molecule is Cc1nn(-c2ccccc2)c(C)c1N1CCN(C(=O)CCC2CCCC2)CC1. The van der Waals surface area contributed by atoms with Crippen LogP contribution in [0.5, 0.6) is 0 Å². The lowest BCUT2D eigenvalue weighted by atomic mass is 10.0. The molecule has 1 saturated carbocycles. The monoisotopic (exact) mass is 380 g/mol. The minimum Gasteiger partial charge on any atom is -0.365 e. The van der Waals surface area contributed by atoms with Gasteiger partial charge in [0.2, 0.25) is 5.91 Å². The molecule has 1 amide bonds. The summed E-state index contributed by atoms with van der Waals surface area (Å²) < 4.78 is 2.03. The van der Waals surface area contributed by atoms with Crippen molar-refractivity contribution >= 4 is 11.6 Å². The second-order valence-electron chi connectivity index (χ2n) is 8.32. The van der Waals surface area contributed by atoms with E-state index < -0.39 is 0 Å². The van der Waals surface area contributed by atoms with Crippen molar-refractivity contribution in [3.8, 4) is 5.69 Å². The number of carbonyl (C=O) groups excluding carboxylic acids is 1. The van der Waals surface area contributed by atoms with Gasteiger partial charge in [-0.15, -0.1) is 0 Å². The average Bonchev–Trinajstić information content (AvgIpc) is 3.35. The molecule has 1 aliphatic heterocycles. The molecule has 1 aromatic carbocycles. The molecule has 1 aliphatic carbocycles. The van der Waals surface area contributed by atoms with Gasteiger partial charge in [0, 0.05) is 32.6 Å². The quantitative estimate of drug-likeness (QED) is 0.784. The van der Waals surface area contributed by atoms with Gasteiger partial charge in [-0.25, -0.2) is 4.68 Å². The summed E-state index contributed by atoms with van der Waals surface area (Å²) >= 11 is 0. The summed E-state index contributed by atoms with van der Waals surface area (Å²) in [5.41, 5.74) is 4.55. The molecule has 1 aromatic heterocycles. The van der Waals surface area contributed by atoms with Crippen LogP contribution < -0.4 is 4.90 Å². The van der Waals surface area contributed by atoms with Gasteiger partial charge in [0.05, 0.1) is 22.8 Å². The molecule has 2 fully saturated rings. The topological polar surface area (TPSA) is 41.4 Å². The highest BCUT2D eigenvalue weighted by atomic mass is 16.2. The van der Waals surface area contributed by atoms with Crippen LogP contribution in [0.1, 0.15) is 49.9 Å². The number of benzene rings is 1. The summed E-state index contributed by atoms with van der Waals surface area (Å²) in [6.45, 7) is 7.63. The summed E-state index contributed by atoms with van der Waals surface area (Å²) in [6, 6.07) is 10.3. The van der Waals surface area contributed by atoms with E-state index in [1.165, 1.54) is 37.1 Å². The fraction of sp³-hybridized carbons (Fsp3) is 0.565. The Morgan fingerprint density at radius 2 is 1.71 bits per heavy atom. The summed E-state index contributed by atoms with van der Waals surface area (Å²) in [5, 5.41) is 4.78. The molecule has 0 N–H and O–H groups in total. The Kier molecular flexibility index (Phi) is 5.69. The van der Waals surface area contributed by atoms with Crippen molar-refractivity contribution in [1.82, 2.24) is 14.7 Å². The molecule has 2 aromatic rings. The van der Waals surface area contributed by atoms with Crippen LogP contribution in [0.25, 0.3) is 5.69 Å². The van der Waals surface area contributed by atoms with E-state index in [0.29, 0.717) is 5.91 Å². The molecule has 150 valence electrons. The largest absolute Gasteiger partial charge is 0.365 e. The third kappa shape index (κ3) is 3.94. The number of aromatic nitrogens is 2. The maximum Gasteiger partial charge on any atom is 0.222 e. The Labute approximate surface area is 168 Å². The molecule has 2 aliphatic rings. The highest BCUT2D eigenvalue weighted by molar-refractivity contribution is 5.76. The Bertz CT molecular complexity index is 800. The summed E-state index contributed by atoms with van der Waals surface area (Å²) in [7, 11) is 0. The van der Waals surface area contributed by atoms with E-state index in [-0.39, 0.29) is 0 Å². The van der Waals surface area contributed by atoms with E-state index in [9.17, 15) is 4.79 Å². The molecule has 2 heterocycles. The number of piperazine rings is 1. The molecule has 28 heavy (non-hydrogen) atoms. The lowest BCUT2D eigenvalue weighted by molar-refractivity contribution is -0.131. The van der Waals surface area contributed by atoms with Gasteiger partial charge >= 0.3 is 0 Å². The van der Waals surface area contributed by atoms with Crippen molar-refractivity contribution in [1.29, 1.82) is 0 Å². The van der Waals surface area contributed by atoms with E-state index in [0.717, 1.165) is 56.3 Å². The van der Waals surface area contributed by atoms with Crippen molar-refractivity contribution in [2.24, 2.45) is 5.92 Å². The number of hydrogen-bond donors (Lipinski definition) is 0. The zero-order valence-corrected chi connectivity index (χ0v) is 17.2. The maximum atomic E-state index is 12.6. The van der Waals surface area contributed by atoms with Crippen molar-refractivity contribution in [2.75, 3.05) is 31.1 Å². The molecule has 5 nitrogen and oxygen atoms in total. The van der Waals surface area contributed by atoms with Gasteiger partial charge in [0.15, 0.2) is 0 Å². The van der Waals surface area contributed by atoms with Crippen LogP contribution in [0.2, 0.25) is 0 Å². The number of anilines is 1. The number of hydrogen-bond acceptors (Lipinski definition) is 3. The molecule has 4 rings (SSSR count). The van der Waals surface area contributed by atoms with Crippen LogP contribution in [0.15, 0.2) is 30.3 Å². The summed E-state index contributed by atoms with van der Waals surface area (Å²) in [5.74, 6) is 1.14. The first-order valence-corrected chi connectivity index (χ1v) is 10.8. The van der Waals surface area contributed by atoms with E-state index in [1.807, 2.05) is 22.9 Å². The first-order chi connectivity index (χ1) is 13.6. The fourth-order valence-electron chi connectivity index (χ4n) is 4.88. The Balaban J connectivity index is 1.37. The second-order valence-corrected chi connectivity index (χ2v) is 8.32. The van der Waals surface area contributed by atoms with Gasteiger partial charge in [-0.3, -0.25) is 4.79 Å². The Hall–Kier alpha value is -2.30. The lowest BCUT2D eigenvalue weighted by Gasteiger charge is -2.36. The van der Waals surface area contributed by atoms with E-state index >= 15 is 0 Å². The standard InChI is InChI=1S/C23H32N4O/c1-18-23(19(2)27(24-18)21-10-4-3-5-11-21)26-16-14-25(15-17-26)22(28)13-12-20-8-6-7-9-20/h3-5,10-11,20H,6-9,12-17H2,1-2H3. The second kappa shape index (κ2) is 8.38.